The first-order valence-corrected chi connectivity index (χ1v) is 13.6. The molecular formula is C26H29BrIN3O5. The highest BCUT2D eigenvalue weighted by Crippen LogP contribution is 2.35. The van der Waals surface area contributed by atoms with Crippen LogP contribution in [0.25, 0.3) is 10.9 Å². The molecule has 1 heterocycles. The van der Waals surface area contributed by atoms with E-state index >= 15 is 0 Å². The zero-order valence-corrected chi connectivity index (χ0v) is 24.6. The fourth-order valence-electron chi connectivity index (χ4n) is 3.43. The van der Waals surface area contributed by atoms with Gasteiger partial charge in [-0.15, -0.1) is 0 Å². The summed E-state index contributed by atoms with van der Waals surface area (Å²) in [4.78, 5) is 30.2. The standard InChI is InChI=1S/C26H29BrIN3O5/c1-6-15(4)24-30-21-10-9-18(27)13-19(21)25(32)31(24)29-14-17-11-20(28)23(22(12-17)34-7-2)36-16(5)26(33)35-8-3/h9-16H,6-8H2,1-5H3/t15-,16-/m1/s1. The van der Waals surface area contributed by atoms with Crippen molar-refractivity contribution in [1.82, 2.24) is 9.66 Å². The highest BCUT2D eigenvalue weighted by molar-refractivity contribution is 14.1. The van der Waals surface area contributed by atoms with Gasteiger partial charge in [0.15, 0.2) is 17.6 Å². The van der Waals surface area contributed by atoms with Crippen molar-refractivity contribution in [3.05, 3.63) is 60.1 Å². The number of ether oxygens (including phenoxy) is 3. The fraction of sp³-hybridized carbons (Fsp3) is 0.385. The Kier molecular flexibility index (Phi) is 9.89. The monoisotopic (exact) mass is 669 g/mol. The molecule has 0 amide bonds. The van der Waals surface area contributed by atoms with Crippen LogP contribution in [0.1, 0.15) is 58.3 Å². The maximum atomic E-state index is 13.4. The summed E-state index contributed by atoms with van der Waals surface area (Å²) in [5.41, 5.74) is 1.10. The normalized spacial score (nSPS) is 13.1. The summed E-state index contributed by atoms with van der Waals surface area (Å²) in [6.07, 6.45) is 1.61. The number of rotatable bonds is 10. The maximum Gasteiger partial charge on any atom is 0.347 e. The second kappa shape index (κ2) is 12.7. The zero-order chi connectivity index (χ0) is 26.4. The maximum absolute atomic E-state index is 13.4. The summed E-state index contributed by atoms with van der Waals surface area (Å²) in [5.74, 6) is 1.09. The van der Waals surface area contributed by atoms with Crippen LogP contribution in [0.2, 0.25) is 0 Å². The summed E-state index contributed by atoms with van der Waals surface area (Å²) in [6, 6.07) is 9.06. The second-order valence-corrected chi connectivity index (χ2v) is 10.2. The Bertz CT molecular complexity index is 1340. The molecule has 0 unspecified atom stereocenters. The van der Waals surface area contributed by atoms with Gasteiger partial charge in [0, 0.05) is 10.4 Å². The molecule has 36 heavy (non-hydrogen) atoms. The van der Waals surface area contributed by atoms with Gasteiger partial charge in [0.2, 0.25) is 0 Å². The van der Waals surface area contributed by atoms with Gasteiger partial charge < -0.3 is 14.2 Å². The molecule has 3 aromatic rings. The summed E-state index contributed by atoms with van der Waals surface area (Å²) in [6.45, 7) is 9.98. The molecule has 0 aliphatic carbocycles. The van der Waals surface area contributed by atoms with E-state index in [1.807, 2.05) is 39.0 Å². The van der Waals surface area contributed by atoms with E-state index in [0.29, 0.717) is 40.4 Å². The lowest BCUT2D eigenvalue weighted by Crippen LogP contribution is -2.26. The Morgan fingerprint density at radius 3 is 2.61 bits per heavy atom. The van der Waals surface area contributed by atoms with Gasteiger partial charge in [-0.25, -0.2) is 9.78 Å². The van der Waals surface area contributed by atoms with Crippen LogP contribution in [0.3, 0.4) is 0 Å². The van der Waals surface area contributed by atoms with Crippen molar-refractivity contribution in [2.24, 2.45) is 5.10 Å². The molecule has 0 radical (unpaired) electrons. The Morgan fingerprint density at radius 1 is 1.19 bits per heavy atom. The summed E-state index contributed by atoms with van der Waals surface area (Å²) < 4.78 is 19.6. The molecule has 2 aromatic carbocycles. The first kappa shape index (κ1) is 28.1. The Balaban J connectivity index is 2.06. The number of halogens is 2. The lowest BCUT2D eigenvalue weighted by atomic mass is 10.1. The van der Waals surface area contributed by atoms with Gasteiger partial charge in [-0.1, -0.05) is 29.8 Å². The average Bonchev–Trinajstić information content (AvgIpc) is 2.85. The molecule has 8 nitrogen and oxygen atoms in total. The first-order chi connectivity index (χ1) is 17.2. The van der Waals surface area contributed by atoms with Crippen LogP contribution in [-0.4, -0.2) is 41.2 Å². The predicted molar refractivity (Wildman–Crippen MR) is 152 cm³/mol. The second-order valence-electron chi connectivity index (χ2n) is 8.08. The minimum atomic E-state index is -0.795. The molecule has 0 saturated heterocycles. The van der Waals surface area contributed by atoms with Gasteiger partial charge in [0.25, 0.3) is 5.56 Å². The third-order valence-electron chi connectivity index (χ3n) is 5.45. The van der Waals surface area contributed by atoms with E-state index in [2.05, 4.69) is 43.6 Å². The van der Waals surface area contributed by atoms with Crippen molar-refractivity contribution >= 4 is 61.6 Å². The molecule has 2 atom stereocenters. The molecule has 0 fully saturated rings. The SMILES string of the molecule is CCOC(=O)[C@@H](C)Oc1c(I)cc(C=Nn2c([C@H](C)CC)nc3ccc(Br)cc3c2=O)cc1OCC. The largest absolute Gasteiger partial charge is 0.490 e. The van der Waals surface area contributed by atoms with Crippen LogP contribution < -0.4 is 15.0 Å². The average molecular weight is 670 g/mol. The van der Waals surface area contributed by atoms with Gasteiger partial charge in [-0.2, -0.15) is 9.78 Å². The third kappa shape index (κ3) is 6.44. The van der Waals surface area contributed by atoms with E-state index in [0.717, 1.165) is 14.5 Å². The van der Waals surface area contributed by atoms with Crippen LogP contribution in [0, 0.1) is 3.57 Å². The van der Waals surface area contributed by atoms with Crippen LogP contribution in [-0.2, 0) is 9.53 Å². The quantitative estimate of drug-likeness (QED) is 0.152. The van der Waals surface area contributed by atoms with Crippen LogP contribution >= 0.6 is 38.5 Å². The van der Waals surface area contributed by atoms with E-state index in [1.54, 1.807) is 32.2 Å². The number of carbonyl (C=O) groups is 1. The number of hydrogen-bond acceptors (Lipinski definition) is 7. The van der Waals surface area contributed by atoms with Crippen LogP contribution in [0.5, 0.6) is 11.5 Å². The van der Waals surface area contributed by atoms with Gasteiger partial charge in [-0.05, 0) is 85.7 Å². The third-order valence-corrected chi connectivity index (χ3v) is 6.75. The molecule has 3 rings (SSSR count). The Morgan fingerprint density at radius 2 is 1.94 bits per heavy atom. The summed E-state index contributed by atoms with van der Waals surface area (Å²) in [5, 5.41) is 5.02. The van der Waals surface area contributed by atoms with Gasteiger partial charge >= 0.3 is 5.97 Å². The predicted octanol–water partition coefficient (Wildman–Crippen LogP) is 5.89. The van der Waals surface area contributed by atoms with E-state index in [9.17, 15) is 9.59 Å². The molecule has 10 heteroatoms. The first-order valence-electron chi connectivity index (χ1n) is 11.8. The Hall–Kier alpha value is -2.47. The minimum Gasteiger partial charge on any atom is -0.490 e. The van der Waals surface area contributed by atoms with Crippen molar-refractivity contribution in [2.75, 3.05) is 13.2 Å². The van der Waals surface area contributed by atoms with E-state index < -0.39 is 12.1 Å². The number of esters is 1. The summed E-state index contributed by atoms with van der Waals surface area (Å²) in [7, 11) is 0. The van der Waals surface area contributed by atoms with Crippen molar-refractivity contribution < 1.29 is 19.0 Å². The lowest BCUT2D eigenvalue weighted by molar-refractivity contribution is -0.150. The summed E-state index contributed by atoms with van der Waals surface area (Å²) >= 11 is 5.55. The highest BCUT2D eigenvalue weighted by atomic mass is 127. The topological polar surface area (TPSA) is 92.0 Å². The van der Waals surface area contributed by atoms with Crippen molar-refractivity contribution in [3.8, 4) is 11.5 Å². The molecule has 0 spiro atoms. The molecular weight excluding hydrogens is 641 g/mol. The molecule has 0 N–H and O–H groups in total. The Labute approximate surface area is 232 Å². The van der Waals surface area contributed by atoms with Crippen LogP contribution in [0.15, 0.2) is 44.7 Å². The minimum absolute atomic E-state index is 0.0298. The van der Waals surface area contributed by atoms with Gasteiger partial charge in [-0.3, -0.25) is 4.79 Å². The molecule has 1 aromatic heterocycles. The van der Waals surface area contributed by atoms with E-state index in [1.165, 1.54) is 4.68 Å². The highest BCUT2D eigenvalue weighted by Gasteiger charge is 2.21. The van der Waals surface area contributed by atoms with Crippen LogP contribution in [0.4, 0.5) is 0 Å². The molecule has 0 aliphatic rings. The lowest BCUT2D eigenvalue weighted by Gasteiger charge is -2.18. The molecule has 0 bridgehead atoms. The number of fused-ring (bicyclic) bond motifs is 1. The number of carbonyl (C=O) groups excluding carboxylic acids is 1. The van der Waals surface area contributed by atoms with E-state index in [-0.39, 0.29) is 18.1 Å². The van der Waals surface area contributed by atoms with Gasteiger partial charge in [0.1, 0.15) is 5.82 Å². The van der Waals surface area contributed by atoms with Crippen molar-refractivity contribution in [1.29, 1.82) is 0 Å². The molecule has 192 valence electrons. The zero-order valence-electron chi connectivity index (χ0n) is 20.9. The van der Waals surface area contributed by atoms with Gasteiger partial charge in [0.05, 0.1) is 33.9 Å². The molecule has 0 saturated carbocycles. The van der Waals surface area contributed by atoms with E-state index in [4.69, 9.17) is 19.2 Å². The number of benzene rings is 2. The number of nitrogens with zero attached hydrogens (tertiary/aromatic N) is 3. The number of aromatic nitrogens is 2. The molecule has 0 aliphatic heterocycles. The smallest absolute Gasteiger partial charge is 0.347 e. The fourth-order valence-corrected chi connectivity index (χ4v) is 4.54. The number of hydrogen-bond donors (Lipinski definition) is 0. The van der Waals surface area contributed by atoms with Crippen molar-refractivity contribution in [2.45, 2.75) is 53.1 Å². The van der Waals surface area contributed by atoms with Crippen molar-refractivity contribution in [3.63, 3.8) is 0 Å².